The summed E-state index contributed by atoms with van der Waals surface area (Å²) in [6.45, 7) is 7.40. The van der Waals surface area contributed by atoms with E-state index in [0.29, 0.717) is 6.04 Å². The number of aryl methyl sites for hydroxylation is 1. The highest BCUT2D eigenvalue weighted by Crippen LogP contribution is 2.27. The fourth-order valence-corrected chi connectivity index (χ4v) is 2.77. The second kappa shape index (κ2) is 6.81. The second-order valence-corrected chi connectivity index (χ2v) is 5.54. The fourth-order valence-electron chi connectivity index (χ4n) is 2.77. The summed E-state index contributed by atoms with van der Waals surface area (Å²) in [5.74, 6) is 0.956. The largest absolute Gasteiger partial charge is 0.496 e. The molecule has 0 bridgehead atoms. The van der Waals surface area contributed by atoms with E-state index in [1.807, 2.05) is 12.1 Å². The van der Waals surface area contributed by atoms with Gasteiger partial charge >= 0.3 is 0 Å². The van der Waals surface area contributed by atoms with Gasteiger partial charge in [0.1, 0.15) is 5.75 Å². The van der Waals surface area contributed by atoms with Gasteiger partial charge in [0.25, 0.3) is 0 Å². The Morgan fingerprint density at radius 1 is 1.24 bits per heavy atom. The Morgan fingerprint density at radius 2 is 1.95 bits per heavy atom. The lowest BCUT2D eigenvalue weighted by molar-refractivity contribution is 0.396. The van der Waals surface area contributed by atoms with Crippen molar-refractivity contribution in [1.82, 2.24) is 9.88 Å². The molecule has 2 rings (SSSR count). The number of benzene rings is 1. The Labute approximate surface area is 127 Å². The summed E-state index contributed by atoms with van der Waals surface area (Å²) in [6, 6.07) is 10.8. The van der Waals surface area contributed by atoms with Crippen LogP contribution < -0.4 is 10.1 Å². The van der Waals surface area contributed by atoms with Crippen molar-refractivity contribution in [1.29, 1.82) is 0 Å². The van der Waals surface area contributed by atoms with Gasteiger partial charge in [-0.05, 0) is 38.0 Å². The van der Waals surface area contributed by atoms with Crippen LogP contribution in [0.25, 0.3) is 0 Å². The maximum Gasteiger partial charge on any atom is 0.123 e. The average molecular weight is 286 g/mol. The summed E-state index contributed by atoms with van der Waals surface area (Å²) < 4.78 is 7.72. The van der Waals surface area contributed by atoms with Gasteiger partial charge in [-0.3, -0.25) is 0 Å². The quantitative estimate of drug-likeness (QED) is 0.872. The van der Waals surface area contributed by atoms with Crippen LogP contribution in [0.5, 0.6) is 5.75 Å². The van der Waals surface area contributed by atoms with E-state index in [1.165, 1.54) is 22.5 Å². The van der Waals surface area contributed by atoms with Gasteiger partial charge in [-0.1, -0.05) is 25.1 Å². The van der Waals surface area contributed by atoms with Crippen LogP contribution in [0.4, 0.5) is 0 Å². The number of nitrogens with zero attached hydrogens (tertiary/aromatic N) is 1. The molecule has 3 heteroatoms. The molecule has 3 nitrogen and oxygen atoms in total. The van der Waals surface area contributed by atoms with Gasteiger partial charge in [0, 0.05) is 36.6 Å². The average Bonchev–Trinajstić information content (AvgIpc) is 2.75. The van der Waals surface area contributed by atoms with Gasteiger partial charge in [-0.15, -0.1) is 0 Å². The number of para-hydroxylation sites is 1. The second-order valence-electron chi connectivity index (χ2n) is 5.54. The molecule has 1 atom stereocenters. The van der Waals surface area contributed by atoms with Crippen LogP contribution in [0.15, 0.2) is 30.3 Å². The zero-order chi connectivity index (χ0) is 15.4. The molecule has 1 heterocycles. The van der Waals surface area contributed by atoms with E-state index in [4.69, 9.17) is 4.74 Å². The molecular formula is C18H26N2O. The van der Waals surface area contributed by atoms with E-state index >= 15 is 0 Å². The number of hydrogen-bond acceptors (Lipinski definition) is 2. The molecule has 21 heavy (non-hydrogen) atoms. The van der Waals surface area contributed by atoms with Crippen LogP contribution in [-0.2, 0) is 13.6 Å². The highest BCUT2D eigenvalue weighted by atomic mass is 16.5. The molecule has 1 aromatic heterocycles. The molecule has 1 N–H and O–H groups in total. The molecule has 0 fully saturated rings. The Morgan fingerprint density at radius 3 is 2.52 bits per heavy atom. The van der Waals surface area contributed by atoms with Crippen molar-refractivity contribution in [3.8, 4) is 5.75 Å². The Kier molecular flexibility index (Phi) is 5.07. The summed E-state index contributed by atoms with van der Waals surface area (Å²) in [7, 11) is 3.85. The third-order valence-electron chi connectivity index (χ3n) is 4.34. The van der Waals surface area contributed by atoms with Gasteiger partial charge in [-0.25, -0.2) is 0 Å². The number of nitrogens with one attached hydrogen (secondary N) is 1. The van der Waals surface area contributed by atoms with Crippen molar-refractivity contribution in [3.63, 3.8) is 0 Å². The Hall–Kier alpha value is -1.74. The van der Waals surface area contributed by atoms with Crippen molar-refractivity contribution in [2.24, 2.45) is 7.05 Å². The van der Waals surface area contributed by atoms with Gasteiger partial charge in [-0.2, -0.15) is 0 Å². The topological polar surface area (TPSA) is 26.2 Å². The molecule has 0 aliphatic carbocycles. The van der Waals surface area contributed by atoms with Crippen molar-refractivity contribution in [2.45, 2.75) is 39.8 Å². The van der Waals surface area contributed by atoms with Crippen LogP contribution in [0.1, 0.15) is 41.9 Å². The zero-order valence-corrected chi connectivity index (χ0v) is 13.7. The molecule has 2 aromatic rings. The molecule has 0 aliphatic rings. The minimum atomic E-state index is 0.307. The first kappa shape index (κ1) is 15.6. The summed E-state index contributed by atoms with van der Waals surface area (Å²) >= 11 is 0. The SMILES string of the molecule is CCC(NCc1cc(C)n(C)c1C)c1ccccc1OC. The Balaban J connectivity index is 2.14. The van der Waals surface area contributed by atoms with Crippen LogP contribution in [-0.4, -0.2) is 11.7 Å². The van der Waals surface area contributed by atoms with Crippen molar-refractivity contribution < 1.29 is 4.74 Å². The zero-order valence-electron chi connectivity index (χ0n) is 13.7. The van der Waals surface area contributed by atoms with E-state index in [1.54, 1.807) is 7.11 Å². The first-order valence-electron chi connectivity index (χ1n) is 7.56. The molecule has 1 unspecified atom stereocenters. The highest BCUT2D eigenvalue weighted by Gasteiger charge is 2.14. The van der Waals surface area contributed by atoms with Crippen molar-refractivity contribution in [2.75, 3.05) is 7.11 Å². The van der Waals surface area contributed by atoms with Gasteiger partial charge in [0.2, 0.25) is 0 Å². The number of aromatic nitrogens is 1. The lowest BCUT2D eigenvalue weighted by atomic mass is 10.0. The van der Waals surface area contributed by atoms with Gasteiger partial charge in [0.05, 0.1) is 7.11 Å². The van der Waals surface area contributed by atoms with Crippen LogP contribution >= 0.6 is 0 Å². The summed E-state index contributed by atoms with van der Waals surface area (Å²) in [5.41, 5.74) is 5.22. The number of rotatable bonds is 6. The molecule has 114 valence electrons. The lowest BCUT2D eigenvalue weighted by Crippen LogP contribution is -2.21. The monoisotopic (exact) mass is 286 g/mol. The van der Waals surface area contributed by atoms with E-state index in [-0.39, 0.29) is 0 Å². The maximum atomic E-state index is 5.48. The van der Waals surface area contributed by atoms with E-state index < -0.39 is 0 Å². The van der Waals surface area contributed by atoms with Gasteiger partial charge in [0.15, 0.2) is 0 Å². The predicted octanol–water partition coefficient (Wildman–Crippen LogP) is 3.89. The number of methoxy groups -OCH3 is 1. The molecule has 0 spiro atoms. The molecular weight excluding hydrogens is 260 g/mol. The number of ether oxygens (including phenoxy) is 1. The smallest absolute Gasteiger partial charge is 0.123 e. The number of hydrogen-bond donors (Lipinski definition) is 1. The maximum absolute atomic E-state index is 5.48. The van der Waals surface area contributed by atoms with E-state index in [2.05, 4.69) is 55.9 Å². The lowest BCUT2D eigenvalue weighted by Gasteiger charge is -2.20. The molecule has 0 saturated heterocycles. The summed E-state index contributed by atoms with van der Waals surface area (Å²) in [6.07, 6.45) is 1.03. The molecule has 1 aromatic carbocycles. The van der Waals surface area contributed by atoms with Crippen LogP contribution in [0, 0.1) is 13.8 Å². The first-order chi connectivity index (χ1) is 10.1. The first-order valence-corrected chi connectivity index (χ1v) is 7.56. The standard InChI is InChI=1S/C18H26N2O/c1-6-17(16-9-7-8-10-18(16)21-5)19-12-15-11-13(2)20(4)14(15)3/h7-11,17,19H,6,12H2,1-5H3. The predicted molar refractivity (Wildman–Crippen MR) is 87.8 cm³/mol. The van der Waals surface area contributed by atoms with E-state index in [9.17, 15) is 0 Å². The third-order valence-corrected chi connectivity index (χ3v) is 4.34. The van der Waals surface area contributed by atoms with Gasteiger partial charge < -0.3 is 14.6 Å². The van der Waals surface area contributed by atoms with Crippen LogP contribution in [0.2, 0.25) is 0 Å². The Bertz CT molecular complexity index is 601. The minimum absolute atomic E-state index is 0.307. The minimum Gasteiger partial charge on any atom is -0.496 e. The summed E-state index contributed by atoms with van der Waals surface area (Å²) in [5, 5.41) is 3.66. The van der Waals surface area contributed by atoms with Crippen LogP contribution in [0.3, 0.4) is 0 Å². The van der Waals surface area contributed by atoms with Crippen molar-refractivity contribution >= 4 is 0 Å². The third kappa shape index (κ3) is 3.30. The van der Waals surface area contributed by atoms with Crippen molar-refractivity contribution in [3.05, 3.63) is 52.8 Å². The molecule has 0 aliphatic heterocycles. The van der Waals surface area contributed by atoms with E-state index in [0.717, 1.165) is 18.7 Å². The summed E-state index contributed by atoms with van der Waals surface area (Å²) in [4.78, 5) is 0. The fraction of sp³-hybridized carbons (Fsp3) is 0.444. The molecule has 0 saturated carbocycles. The normalized spacial score (nSPS) is 12.4. The molecule has 0 radical (unpaired) electrons. The molecule has 0 amide bonds. The highest BCUT2D eigenvalue weighted by molar-refractivity contribution is 5.36.